The second-order valence-corrected chi connectivity index (χ2v) is 8.34. The number of nitrogens with one attached hydrogen (secondary N) is 1. The lowest BCUT2D eigenvalue weighted by molar-refractivity contribution is -0.145. The molecule has 0 saturated heterocycles. The number of nitrogens with two attached hydrogens (primary N) is 1. The Hall–Kier alpha value is -4.31. The molecule has 35 heavy (non-hydrogen) atoms. The highest BCUT2D eigenvalue weighted by Gasteiger charge is 2.28. The molecule has 0 fully saturated rings. The van der Waals surface area contributed by atoms with Crippen LogP contribution in [0.5, 0.6) is 5.75 Å². The van der Waals surface area contributed by atoms with Gasteiger partial charge in [-0.05, 0) is 59.7 Å². The molecule has 0 bridgehead atoms. The van der Waals surface area contributed by atoms with Crippen LogP contribution in [0.25, 0.3) is 11.1 Å². The van der Waals surface area contributed by atoms with Crippen molar-refractivity contribution in [3.05, 3.63) is 86.8 Å². The van der Waals surface area contributed by atoms with Crippen molar-refractivity contribution < 1.29 is 29.3 Å². The van der Waals surface area contributed by atoms with Crippen molar-refractivity contribution in [2.45, 2.75) is 18.5 Å². The van der Waals surface area contributed by atoms with E-state index in [4.69, 9.17) is 22.7 Å². The number of amidine groups is 1. The Morgan fingerprint density at radius 3 is 2.43 bits per heavy atom. The maximum atomic E-state index is 14.1. The molecule has 3 aromatic rings. The van der Waals surface area contributed by atoms with Gasteiger partial charge in [0, 0.05) is 21.7 Å². The minimum atomic E-state index is -1.46. The van der Waals surface area contributed by atoms with Crippen LogP contribution in [0, 0.1) is 11.2 Å². The van der Waals surface area contributed by atoms with Gasteiger partial charge in [0.2, 0.25) is 0 Å². The number of nitrogens with zero attached hydrogens (tertiary/aromatic N) is 2. The van der Waals surface area contributed by atoms with E-state index in [2.05, 4.69) is 9.98 Å². The predicted octanol–water partition coefficient (Wildman–Crippen LogP) is 2.73. The van der Waals surface area contributed by atoms with E-state index in [0.717, 1.165) is 12.1 Å². The SMILES string of the molecule is N=C(N)c1ccc2c(c1)=NC(c1cc(C(CC(=O)O)C(=O)O)cc(-c3cc(F)cc(Cl)c3)c1O)N=2. The number of phenols is 1. The number of phenolic OH excluding ortho intramolecular Hbond substituents is 1. The number of benzene rings is 3. The number of fused-ring (bicyclic) bond motifs is 1. The van der Waals surface area contributed by atoms with Gasteiger partial charge in [-0.3, -0.25) is 25.0 Å². The maximum Gasteiger partial charge on any atom is 0.311 e. The first-order valence-electron chi connectivity index (χ1n) is 10.2. The predicted molar refractivity (Wildman–Crippen MR) is 124 cm³/mol. The first kappa shape index (κ1) is 23.8. The first-order chi connectivity index (χ1) is 16.5. The number of aliphatic carboxylic acids is 2. The summed E-state index contributed by atoms with van der Waals surface area (Å²) in [5.74, 6) is -5.36. The lowest BCUT2D eigenvalue weighted by Gasteiger charge is -2.18. The number of carboxylic acid groups (broad SMARTS) is 2. The molecule has 6 N–H and O–H groups in total. The highest BCUT2D eigenvalue weighted by Crippen LogP contribution is 2.41. The molecule has 0 spiro atoms. The van der Waals surface area contributed by atoms with Crippen molar-refractivity contribution in [2.75, 3.05) is 0 Å². The number of hydrogen-bond acceptors (Lipinski definition) is 6. The normalized spacial score (nSPS) is 15.0. The number of nitrogen functional groups attached to an aromatic ring is 1. The molecule has 1 heterocycles. The molecule has 0 aromatic heterocycles. The smallest absolute Gasteiger partial charge is 0.311 e. The number of halogens is 2. The summed E-state index contributed by atoms with van der Waals surface area (Å²) in [7, 11) is 0. The van der Waals surface area contributed by atoms with Gasteiger partial charge in [-0.25, -0.2) is 4.39 Å². The van der Waals surface area contributed by atoms with E-state index in [1.165, 1.54) is 18.2 Å². The zero-order valence-electron chi connectivity index (χ0n) is 17.9. The summed E-state index contributed by atoms with van der Waals surface area (Å²) in [6.07, 6.45) is -1.72. The molecule has 4 rings (SSSR count). The second-order valence-electron chi connectivity index (χ2n) is 7.90. The third kappa shape index (κ3) is 4.82. The molecule has 0 aliphatic carbocycles. The quantitative estimate of drug-likeness (QED) is 0.249. The fourth-order valence-corrected chi connectivity index (χ4v) is 4.09. The van der Waals surface area contributed by atoms with Crippen molar-refractivity contribution in [1.82, 2.24) is 0 Å². The van der Waals surface area contributed by atoms with Crippen LogP contribution in [-0.2, 0) is 9.59 Å². The van der Waals surface area contributed by atoms with E-state index in [-0.39, 0.29) is 38.9 Å². The lowest BCUT2D eigenvalue weighted by Crippen LogP contribution is -2.24. The van der Waals surface area contributed by atoms with Crippen LogP contribution < -0.4 is 16.4 Å². The van der Waals surface area contributed by atoms with Crippen molar-refractivity contribution >= 4 is 29.4 Å². The summed E-state index contributed by atoms with van der Waals surface area (Å²) in [6, 6.07) is 10.9. The third-order valence-corrected chi connectivity index (χ3v) is 5.72. The summed E-state index contributed by atoms with van der Waals surface area (Å²) in [4.78, 5) is 32.2. The fourth-order valence-electron chi connectivity index (χ4n) is 3.86. The van der Waals surface area contributed by atoms with E-state index >= 15 is 0 Å². The summed E-state index contributed by atoms with van der Waals surface area (Å²) in [5.41, 5.74) is 6.31. The van der Waals surface area contributed by atoms with E-state index in [9.17, 15) is 29.3 Å². The van der Waals surface area contributed by atoms with Crippen LogP contribution in [0.3, 0.4) is 0 Å². The number of carboxylic acids is 2. The average Bonchev–Trinajstić information content (AvgIpc) is 3.20. The van der Waals surface area contributed by atoms with E-state index < -0.39 is 36.3 Å². The number of carbonyl (C=O) groups is 2. The lowest BCUT2D eigenvalue weighted by atomic mass is 9.89. The molecule has 0 radical (unpaired) electrons. The van der Waals surface area contributed by atoms with E-state index in [0.29, 0.717) is 16.3 Å². The molecule has 9 nitrogen and oxygen atoms in total. The van der Waals surface area contributed by atoms with E-state index in [1.54, 1.807) is 18.2 Å². The van der Waals surface area contributed by atoms with Crippen molar-refractivity contribution in [2.24, 2.45) is 15.7 Å². The van der Waals surface area contributed by atoms with Crippen LogP contribution in [0.4, 0.5) is 4.39 Å². The third-order valence-electron chi connectivity index (χ3n) is 5.50. The highest BCUT2D eigenvalue weighted by atomic mass is 35.5. The van der Waals surface area contributed by atoms with Crippen molar-refractivity contribution in [1.29, 1.82) is 5.41 Å². The van der Waals surface area contributed by atoms with E-state index in [1.807, 2.05) is 0 Å². The largest absolute Gasteiger partial charge is 0.507 e. The Morgan fingerprint density at radius 1 is 1.09 bits per heavy atom. The monoisotopic (exact) mass is 496 g/mol. The molecule has 178 valence electrons. The van der Waals surface area contributed by atoms with Crippen LogP contribution in [0.1, 0.15) is 35.2 Å². The molecule has 0 saturated carbocycles. The van der Waals surface area contributed by atoms with Gasteiger partial charge >= 0.3 is 11.9 Å². The summed E-state index contributed by atoms with van der Waals surface area (Å²) in [6.45, 7) is 0. The number of hydrogen-bond donors (Lipinski definition) is 5. The molecule has 1 aliphatic rings. The van der Waals surface area contributed by atoms with Crippen molar-refractivity contribution in [3.63, 3.8) is 0 Å². The van der Waals surface area contributed by atoms with Gasteiger partial charge in [-0.1, -0.05) is 11.6 Å². The van der Waals surface area contributed by atoms with Crippen LogP contribution in [0.15, 0.2) is 58.5 Å². The standard InChI is InChI=1S/C24H18ClFN4O5/c25-13-3-11(4-14(26)8-13)15-5-12(16(24(34)35)9-20(31)32)6-17(21(15)33)23-29-18-2-1-10(22(27)28)7-19(18)30-23/h1-8,16,23,33H,9H2,(H3,27,28)(H,31,32)(H,34,35). The topological polar surface area (TPSA) is 169 Å². The Balaban J connectivity index is 1.95. The minimum absolute atomic E-state index is 0.0429. The molecule has 3 aromatic carbocycles. The van der Waals surface area contributed by atoms with Gasteiger partial charge in [0.1, 0.15) is 17.4 Å². The maximum absolute atomic E-state index is 14.1. The van der Waals surface area contributed by atoms with Gasteiger partial charge in [-0.15, -0.1) is 0 Å². The Labute approximate surface area is 202 Å². The molecular formula is C24H18ClFN4O5. The van der Waals surface area contributed by atoms with Crippen molar-refractivity contribution in [3.8, 4) is 16.9 Å². The van der Waals surface area contributed by atoms with Crippen LogP contribution in [-0.4, -0.2) is 33.1 Å². The Kier molecular flexibility index (Phi) is 6.23. The summed E-state index contributed by atoms with van der Waals surface area (Å²) in [5, 5.41) is 38.6. The Bertz CT molecular complexity index is 1500. The van der Waals surface area contributed by atoms with Crippen LogP contribution >= 0.6 is 11.6 Å². The van der Waals surface area contributed by atoms with Gasteiger partial charge in [0.15, 0.2) is 6.17 Å². The zero-order valence-corrected chi connectivity index (χ0v) is 18.6. The number of rotatable bonds is 7. The Morgan fingerprint density at radius 2 is 1.80 bits per heavy atom. The molecule has 0 amide bonds. The first-order valence-corrected chi connectivity index (χ1v) is 10.6. The fraction of sp³-hybridized carbons (Fsp3) is 0.125. The van der Waals surface area contributed by atoms with Gasteiger partial charge in [0.25, 0.3) is 0 Å². The molecule has 1 aliphatic heterocycles. The second kappa shape index (κ2) is 9.15. The number of aromatic hydroxyl groups is 1. The molecular weight excluding hydrogens is 479 g/mol. The average molecular weight is 497 g/mol. The van der Waals surface area contributed by atoms with Crippen LogP contribution in [0.2, 0.25) is 5.02 Å². The molecule has 2 unspecified atom stereocenters. The molecule has 11 heteroatoms. The van der Waals surface area contributed by atoms with Gasteiger partial charge < -0.3 is 21.1 Å². The summed E-state index contributed by atoms with van der Waals surface area (Å²) < 4.78 is 14.1. The highest BCUT2D eigenvalue weighted by molar-refractivity contribution is 6.30. The van der Waals surface area contributed by atoms with Gasteiger partial charge in [-0.2, -0.15) is 0 Å². The molecule has 2 atom stereocenters. The zero-order chi connectivity index (χ0) is 25.4. The minimum Gasteiger partial charge on any atom is -0.507 e. The summed E-state index contributed by atoms with van der Waals surface area (Å²) >= 11 is 5.98. The van der Waals surface area contributed by atoms with Gasteiger partial charge in [0.05, 0.1) is 23.1 Å².